The summed E-state index contributed by atoms with van der Waals surface area (Å²) in [5, 5.41) is 3.03. The first kappa shape index (κ1) is 17.2. The first-order chi connectivity index (χ1) is 11.1. The zero-order valence-corrected chi connectivity index (χ0v) is 14.1. The molecule has 0 saturated heterocycles. The molecular formula is C20H25NO2. The average molecular weight is 311 g/mol. The number of rotatable bonds is 7. The first-order valence-electron chi connectivity index (χ1n) is 8.02. The largest absolute Gasteiger partial charge is 0.372 e. The van der Waals surface area contributed by atoms with Crippen molar-refractivity contribution in [2.75, 3.05) is 13.7 Å². The smallest absolute Gasteiger partial charge is 0.224 e. The minimum absolute atomic E-state index is 0.0152. The molecule has 1 atom stereocenters. The number of benzene rings is 2. The van der Waals surface area contributed by atoms with Gasteiger partial charge in [0.05, 0.1) is 13.0 Å². The molecular weight excluding hydrogens is 286 g/mol. The summed E-state index contributed by atoms with van der Waals surface area (Å²) in [6.45, 7) is 4.57. The summed E-state index contributed by atoms with van der Waals surface area (Å²) in [5.41, 5.74) is 2.80. The van der Waals surface area contributed by atoms with Crippen molar-refractivity contribution in [1.29, 1.82) is 0 Å². The van der Waals surface area contributed by atoms with Crippen molar-refractivity contribution in [3.63, 3.8) is 0 Å². The van der Waals surface area contributed by atoms with Crippen LogP contribution in [-0.2, 0) is 21.6 Å². The van der Waals surface area contributed by atoms with E-state index in [0.717, 1.165) is 17.5 Å². The Morgan fingerprint density at radius 2 is 1.87 bits per heavy atom. The maximum absolute atomic E-state index is 12.3. The molecule has 1 amide bonds. The summed E-state index contributed by atoms with van der Waals surface area (Å²) >= 11 is 0. The standard InChI is InChI=1S/C20H25NO2/c1-4-20(23-3,18-11-6-5-7-12-18)15-21-19(22)14-17-10-8-9-16(2)13-17/h5-13H,4,14-15H2,1-3H3,(H,21,22). The Labute approximate surface area is 138 Å². The lowest BCUT2D eigenvalue weighted by Gasteiger charge is -2.32. The fourth-order valence-corrected chi connectivity index (χ4v) is 2.82. The van der Waals surface area contributed by atoms with Gasteiger partial charge in [-0.3, -0.25) is 4.79 Å². The molecule has 0 spiro atoms. The average Bonchev–Trinajstić information content (AvgIpc) is 2.57. The molecule has 2 aromatic carbocycles. The predicted molar refractivity (Wildman–Crippen MR) is 93.3 cm³/mol. The van der Waals surface area contributed by atoms with E-state index < -0.39 is 5.60 Å². The van der Waals surface area contributed by atoms with Crippen molar-refractivity contribution in [3.8, 4) is 0 Å². The molecule has 0 aliphatic rings. The maximum Gasteiger partial charge on any atom is 0.224 e. The van der Waals surface area contributed by atoms with Gasteiger partial charge < -0.3 is 10.1 Å². The maximum atomic E-state index is 12.3. The Morgan fingerprint density at radius 3 is 2.48 bits per heavy atom. The highest BCUT2D eigenvalue weighted by Crippen LogP contribution is 2.28. The third kappa shape index (κ3) is 4.42. The first-order valence-corrected chi connectivity index (χ1v) is 8.02. The van der Waals surface area contributed by atoms with Crippen molar-refractivity contribution in [3.05, 3.63) is 71.3 Å². The molecule has 23 heavy (non-hydrogen) atoms. The molecule has 0 radical (unpaired) electrons. The number of carbonyl (C=O) groups is 1. The van der Waals surface area contributed by atoms with Crippen LogP contribution >= 0.6 is 0 Å². The van der Waals surface area contributed by atoms with Gasteiger partial charge in [0, 0.05) is 7.11 Å². The van der Waals surface area contributed by atoms with E-state index in [1.165, 1.54) is 5.56 Å². The third-order valence-electron chi connectivity index (χ3n) is 4.28. The zero-order valence-electron chi connectivity index (χ0n) is 14.1. The summed E-state index contributed by atoms with van der Waals surface area (Å²) in [4.78, 5) is 12.3. The van der Waals surface area contributed by atoms with Crippen LogP contribution in [0.3, 0.4) is 0 Å². The molecule has 2 aromatic rings. The summed E-state index contributed by atoms with van der Waals surface area (Å²) in [5.74, 6) is 0.0152. The quantitative estimate of drug-likeness (QED) is 0.848. The van der Waals surface area contributed by atoms with E-state index in [1.807, 2.05) is 61.5 Å². The molecule has 2 rings (SSSR count). The lowest BCUT2D eigenvalue weighted by molar-refractivity contribution is -0.122. The van der Waals surface area contributed by atoms with Gasteiger partial charge in [-0.05, 0) is 24.5 Å². The molecule has 0 aromatic heterocycles. The van der Waals surface area contributed by atoms with E-state index in [-0.39, 0.29) is 5.91 Å². The Morgan fingerprint density at radius 1 is 1.13 bits per heavy atom. The fraction of sp³-hybridized carbons (Fsp3) is 0.350. The summed E-state index contributed by atoms with van der Waals surface area (Å²) in [7, 11) is 1.70. The molecule has 0 aliphatic heterocycles. The molecule has 0 aliphatic carbocycles. The summed E-state index contributed by atoms with van der Waals surface area (Å²) in [6.07, 6.45) is 1.18. The highest BCUT2D eigenvalue weighted by Gasteiger charge is 2.30. The van der Waals surface area contributed by atoms with Crippen LogP contribution < -0.4 is 5.32 Å². The van der Waals surface area contributed by atoms with Crippen LogP contribution in [0.4, 0.5) is 0 Å². The predicted octanol–water partition coefficient (Wildman–Crippen LogP) is 3.61. The van der Waals surface area contributed by atoms with Crippen molar-refractivity contribution in [2.45, 2.75) is 32.3 Å². The molecule has 0 saturated carbocycles. The molecule has 1 N–H and O–H groups in total. The van der Waals surface area contributed by atoms with E-state index in [9.17, 15) is 4.79 Å². The van der Waals surface area contributed by atoms with E-state index in [4.69, 9.17) is 4.74 Å². The lowest BCUT2D eigenvalue weighted by Crippen LogP contribution is -2.42. The van der Waals surface area contributed by atoms with Crippen molar-refractivity contribution in [1.82, 2.24) is 5.32 Å². The number of nitrogens with one attached hydrogen (secondary N) is 1. The van der Waals surface area contributed by atoms with E-state index in [0.29, 0.717) is 13.0 Å². The minimum atomic E-state index is -0.483. The van der Waals surface area contributed by atoms with Gasteiger partial charge in [0.25, 0.3) is 0 Å². The van der Waals surface area contributed by atoms with Gasteiger partial charge in [-0.15, -0.1) is 0 Å². The molecule has 3 nitrogen and oxygen atoms in total. The zero-order chi connectivity index (χ0) is 16.7. The second-order valence-electron chi connectivity index (χ2n) is 5.86. The minimum Gasteiger partial charge on any atom is -0.372 e. The van der Waals surface area contributed by atoms with Crippen LogP contribution in [-0.4, -0.2) is 19.6 Å². The van der Waals surface area contributed by atoms with Crippen molar-refractivity contribution >= 4 is 5.91 Å². The van der Waals surface area contributed by atoms with Gasteiger partial charge in [0.1, 0.15) is 5.60 Å². The Hall–Kier alpha value is -2.13. The molecule has 0 heterocycles. The normalized spacial score (nSPS) is 13.3. The second-order valence-corrected chi connectivity index (χ2v) is 5.86. The lowest BCUT2D eigenvalue weighted by atomic mass is 9.90. The SMILES string of the molecule is CCC(CNC(=O)Cc1cccc(C)c1)(OC)c1ccccc1. The molecule has 3 heteroatoms. The topological polar surface area (TPSA) is 38.3 Å². The van der Waals surface area contributed by atoms with Gasteiger partial charge in [-0.2, -0.15) is 0 Å². The van der Waals surface area contributed by atoms with Gasteiger partial charge in [-0.1, -0.05) is 67.1 Å². The van der Waals surface area contributed by atoms with E-state index in [1.54, 1.807) is 7.11 Å². The van der Waals surface area contributed by atoms with Crippen LogP contribution in [0.2, 0.25) is 0 Å². The second kappa shape index (κ2) is 7.93. The fourth-order valence-electron chi connectivity index (χ4n) is 2.82. The molecule has 1 unspecified atom stereocenters. The van der Waals surface area contributed by atoms with Crippen LogP contribution in [0.1, 0.15) is 30.0 Å². The third-order valence-corrected chi connectivity index (χ3v) is 4.28. The van der Waals surface area contributed by atoms with Gasteiger partial charge >= 0.3 is 0 Å². The Bertz CT molecular complexity index is 633. The number of amides is 1. The highest BCUT2D eigenvalue weighted by molar-refractivity contribution is 5.78. The highest BCUT2D eigenvalue weighted by atomic mass is 16.5. The van der Waals surface area contributed by atoms with E-state index in [2.05, 4.69) is 12.2 Å². The molecule has 0 bridgehead atoms. The monoisotopic (exact) mass is 311 g/mol. The van der Waals surface area contributed by atoms with Gasteiger partial charge in [0.2, 0.25) is 5.91 Å². The molecule has 0 fully saturated rings. The Balaban J connectivity index is 2.03. The Kier molecular flexibility index (Phi) is 5.94. The van der Waals surface area contributed by atoms with Gasteiger partial charge in [-0.25, -0.2) is 0 Å². The van der Waals surface area contributed by atoms with Crippen LogP contribution in [0.25, 0.3) is 0 Å². The number of aryl methyl sites for hydroxylation is 1. The van der Waals surface area contributed by atoms with Gasteiger partial charge in [0.15, 0.2) is 0 Å². The number of carbonyl (C=O) groups excluding carboxylic acids is 1. The van der Waals surface area contributed by atoms with Crippen molar-refractivity contribution in [2.24, 2.45) is 0 Å². The summed E-state index contributed by atoms with van der Waals surface area (Å²) in [6, 6.07) is 18.1. The van der Waals surface area contributed by atoms with E-state index >= 15 is 0 Å². The van der Waals surface area contributed by atoms with Crippen molar-refractivity contribution < 1.29 is 9.53 Å². The number of hydrogen-bond donors (Lipinski definition) is 1. The molecule has 122 valence electrons. The van der Waals surface area contributed by atoms with Crippen LogP contribution in [0, 0.1) is 6.92 Å². The number of hydrogen-bond acceptors (Lipinski definition) is 2. The van der Waals surface area contributed by atoms with Crippen LogP contribution in [0.5, 0.6) is 0 Å². The number of ether oxygens (including phenoxy) is 1. The summed E-state index contributed by atoms with van der Waals surface area (Å²) < 4.78 is 5.78. The number of methoxy groups -OCH3 is 1. The van der Waals surface area contributed by atoms with Crippen LogP contribution in [0.15, 0.2) is 54.6 Å².